The van der Waals surface area contributed by atoms with Crippen molar-refractivity contribution in [3.63, 3.8) is 0 Å². The van der Waals surface area contributed by atoms with E-state index in [0.29, 0.717) is 6.07 Å². The summed E-state index contributed by atoms with van der Waals surface area (Å²) in [4.78, 5) is 25.4. The molecule has 0 saturated carbocycles. The number of dihydropyridines is 1. The Morgan fingerprint density at radius 1 is 1.12 bits per heavy atom. The lowest BCUT2D eigenvalue weighted by Gasteiger charge is -2.32. The molecule has 176 valence electrons. The lowest BCUT2D eigenvalue weighted by Crippen LogP contribution is -2.35. The van der Waals surface area contributed by atoms with Gasteiger partial charge < -0.3 is 19.5 Å². The van der Waals surface area contributed by atoms with Crippen molar-refractivity contribution in [2.45, 2.75) is 39.0 Å². The summed E-state index contributed by atoms with van der Waals surface area (Å²) in [5.41, 5.74) is -4.37. The Bertz CT molecular complexity index is 982. The van der Waals surface area contributed by atoms with Crippen LogP contribution in [0.2, 0.25) is 0 Å². The Balaban J connectivity index is 3.01. The predicted molar refractivity (Wildman–Crippen MR) is 103 cm³/mol. The summed E-state index contributed by atoms with van der Waals surface area (Å²) in [5.74, 6) is -6.45. The molecule has 1 N–H and O–H groups in total. The number of allylic oxidation sites excluding steroid dienone is 2. The molecule has 0 saturated heterocycles. The summed E-state index contributed by atoms with van der Waals surface area (Å²) in [6, 6.07) is 1.47. The number of rotatable bonds is 6. The zero-order chi connectivity index (χ0) is 24.4. The first-order chi connectivity index (χ1) is 14.9. The maximum absolute atomic E-state index is 15.1. The molecule has 32 heavy (non-hydrogen) atoms. The third kappa shape index (κ3) is 4.71. The molecular formula is C21H22F5NO5. The van der Waals surface area contributed by atoms with Crippen molar-refractivity contribution in [3.8, 4) is 5.75 Å². The van der Waals surface area contributed by atoms with E-state index in [0.717, 1.165) is 20.3 Å². The zero-order valence-electron chi connectivity index (χ0n) is 17.9. The van der Waals surface area contributed by atoms with Crippen LogP contribution in [0, 0.1) is 5.82 Å². The molecule has 6 nitrogen and oxygen atoms in total. The van der Waals surface area contributed by atoms with Crippen LogP contribution in [0.5, 0.6) is 5.75 Å². The summed E-state index contributed by atoms with van der Waals surface area (Å²) in [6.45, 7) is 2.95. The minimum Gasteiger partial charge on any atom is -0.496 e. The molecule has 1 aromatic carbocycles. The quantitative estimate of drug-likeness (QED) is 0.505. The molecule has 0 fully saturated rings. The van der Waals surface area contributed by atoms with Gasteiger partial charge in [0.2, 0.25) is 0 Å². The van der Waals surface area contributed by atoms with Gasteiger partial charge in [0.1, 0.15) is 23.8 Å². The Hall–Kier alpha value is -3.11. The second-order valence-electron chi connectivity index (χ2n) is 7.10. The van der Waals surface area contributed by atoms with Crippen molar-refractivity contribution in [2.75, 3.05) is 20.9 Å². The van der Waals surface area contributed by atoms with Crippen LogP contribution in [-0.4, -0.2) is 38.9 Å². The molecule has 1 heterocycles. The molecule has 0 aliphatic carbocycles. The number of carbonyl (C=O) groups excluding carboxylic acids is 2. The summed E-state index contributed by atoms with van der Waals surface area (Å²) < 4.78 is 85.6. The van der Waals surface area contributed by atoms with E-state index >= 15 is 4.39 Å². The van der Waals surface area contributed by atoms with Gasteiger partial charge in [-0.3, -0.25) is 0 Å². The lowest BCUT2D eigenvalue weighted by molar-refractivity contribution is -0.144. The monoisotopic (exact) mass is 463 g/mol. The van der Waals surface area contributed by atoms with Gasteiger partial charge in [0.25, 0.3) is 0 Å². The average molecular weight is 463 g/mol. The van der Waals surface area contributed by atoms with E-state index in [9.17, 15) is 27.2 Å². The molecule has 1 unspecified atom stereocenters. The molecule has 0 spiro atoms. The van der Waals surface area contributed by atoms with Crippen LogP contribution >= 0.6 is 0 Å². The van der Waals surface area contributed by atoms with Gasteiger partial charge in [0.05, 0.1) is 43.1 Å². The third-order valence-electron chi connectivity index (χ3n) is 4.69. The lowest BCUT2D eigenvalue weighted by atomic mass is 9.78. The van der Waals surface area contributed by atoms with Crippen LogP contribution < -0.4 is 10.1 Å². The normalized spacial score (nSPS) is 16.8. The van der Waals surface area contributed by atoms with Gasteiger partial charge in [-0.15, -0.1) is 0 Å². The maximum atomic E-state index is 15.1. The highest BCUT2D eigenvalue weighted by Gasteiger charge is 2.47. The molecule has 1 aliphatic rings. The van der Waals surface area contributed by atoms with Gasteiger partial charge in [0, 0.05) is 11.3 Å². The highest BCUT2D eigenvalue weighted by molar-refractivity contribution is 6.00. The van der Waals surface area contributed by atoms with Crippen molar-refractivity contribution in [1.29, 1.82) is 0 Å². The fourth-order valence-corrected chi connectivity index (χ4v) is 3.51. The largest absolute Gasteiger partial charge is 0.496 e. The summed E-state index contributed by atoms with van der Waals surface area (Å²) in [6.07, 6.45) is -5.83. The molecule has 2 rings (SSSR count). The van der Waals surface area contributed by atoms with E-state index in [4.69, 9.17) is 9.47 Å². The van der Waals surface area contributed by atoms with E-state index in [2.05, 4.69) is 10.1 Å². The number of hydrogen-bond acceptors (Lipinski definition) is 6. The maximum Gasteiger partial charge on any atom is 0.420 e. The van der Waals surface area contributed by atoms with Crippen LogP contribution in [0.15, 0.2) is 34.7 Å². The fraction of sp³-hybridized carbons (Fsp3) is 0.429. The topological polar surface area (TPSA) is 73.9 Å². The number of carbonyl (C=O) groups is 2. The third-order valence-corrected chi connectivity index (χ3v) is 4.69. The van der Waals surface area contributed by atoms with Crippen LogP contribution in [0.1, 0.15) is 37.8 Å². The number of alkyl halides is 4. The van der Waals surface area contributed by atoms with E-state index < -0.39 is 76.3 Å². The van der Waals surface area contributed by atoms with Gasteiger partial charge in [0.15, 0.2) is 0 Å². The van der Waals surface area contributed by atoms with Crippen LogP contribution in [0.25, 0.3) is 0 Å². The molecule has 0 amide bonds. The highest BCUT2D eigenvalue weighted by atomic mass is 19.4. The molecule has 1 atom stereocenters. The number of halogens is 5. The second-order valence-corrected chi connectivity index (χ2v) is 7.10. The van der Waals surface area contributed by atoms with Gasteiger partial charge in [-0.1, -0.05) is 0 Å². The van der Waals surface area contributed by atoms with E-state index in [-0.39, 0.29) is 5.70 Å². The molecule has 11 heteroatoms. The smallest absolute Gasteiger partial charge is 0.420 e. The Morgan fingerprint density at radius 3 is 2.22 bits per heavy atom. The number of nitrogens with one attached hydrogen (secondary N) is 1. The Labute approximate surface area is 181 Å². The summed E-state index contributed by atoms with van der Waals surface area (Å²) in [5, 5.41) is 2.49. The summed E-state index contributed by atoms with van der Waals surface area (Å²) >= 11 is 0. The first-order valence-electron chi connectivity index (χ1n) is 9.38. The number of hydrogen-bond donors (Lipinski definition) is 1. The highest BCUT2D eigenvalue weighted by Crippen LogP contribution is 2.48. The number of benzene rings is 1. The number of esters is 2. The SMILES string of the molecule is COC(=O)C1=C(CF)NC(C)=C(C(=O)OC(C)C)C1c1c(F)ccc(OC)c1C(F)(F)F. The first kappa shape index (κ1) is 25.2. The molecular weight excluding hydrogens is 441 g/mol. The average Bonchev–Trinajstić information content (AvgIpc) is 2.70. The number of methoxy groups -OCH3 is 2. The Kier molecular flexibility index (Phi) is 7.53. The predicted octanol–water partition coefficient (Wildman–Crippen LogP) is 4.16. The van der Waals surface area contributed by atoms with Gasteiger partial charge in [-0.25, -0.2) is 18.4 Å². The van der Waals surface area contributed by atoms with Crippen molar-refractivity contribution in [1.82, 2.24) is 5.32 Å². The summed E-state index contributed by atoms with van der Waals surface area (Å²) in [7, 11) is 1.87. The van der Waals surface area contributed by atoms with Crippen molar-refractivity contribution in [3.05, 3.63) is 51.6 Å². The van der Waals surface area contributed by atoms with Gasteiger partial charge in [-0.2, -0.15) is 13.2 Å². The number of ether oxygens (including phenoxy) is 3. The van der Waals surface area contributed by atoms with Crippen LogP contribution in [0.3, 0.4) is 0 Å². The molecule has 1 aliphatic heterocycles. The van der Waals surface area contributed by atoms with Crippen molar-refractivity contribution in [2.24, 2.45) is 0 Å². The molecule has 1 aromatic rings. The van der Waals surface area contributed by atoms with E-state index in [1.165, 1.54) is 20.8 Å². The van der Waals surface area contributed by atoms with E-state index in [1.807, 2.05) is 0 Å². The Morgan fingerprint density at radius 2 is 1.75 bits per heavy atom. The second kappa shape index (κ2) is 9.58. The fourth-order valence-electron chi connectivity index (χ4n) is 3.51. The standard InChI is InChI=1S/C21H22F5NO5/c1-9(2)32-20(29)14-10(3)27-12(8-22)16(19(28)31-5)17(14)15-11(23)6-7-13(30-4)18(15)21(24,25)26/h6-7,9,17,27H,8H2,1-5H3. The van der Waals surface area contributed by atoms with Crippen LogP contribution in [0.4, 0.5) is 22.0 Å². The first-order valence-corrected chi connectivity index (χ1v) is 9.38. The van der Waals surface area contributed by atoms with Gasteiger partial charge in [-0.05, 0) is 32.9 Å². The minimum absolute atomic E-state index is 0.101. The van der Waals surface area contributed by atoms with Crippen molar-refractivity contribution >= 4 is 11.9 Å². The minimum atomic E-state index is -5.15. The molecule has 0 bridgehead atoms. The zero-order valence-corrected chi connectivity index (χ0v) is 17.9. The van der Waals surface area contributed by atoms with Crippen LogP contribution in [-0.2, 0) is 25.2 Å². The van der Waals surface area contributed by atoms with E-state index in [1.54, 1.807) is 0 Å². The van der Waals surface area contributed by atoms with Gasteiger partial charge >= 0.3 is 18.1 Å². The molecule has 0 aromatic heterocycles. The van der Waals surface area contributed by atoms with Crippen molar-refractivity contribution < 1.29 is 45.8 Å². The molecule has 0 radical (unpaired) electrons.